The molecule has 0 atom stereocenters. The summed E-state index contributed by atoms with van der Waals surface area (Å²) in [6.45, 7) is 1.98. The van der Waals surface area contributed by atoms with E-state index in [1.54, 1.807) is 24.6 Å². The summed E-state index contributed by atoms with van der Waals surface area (Å²) in [5, 5.41) is 10.7. The minimum atomic E-state index is -3.60. The predicted molar refractivity (Wildman–Crippen MR) is 76.9 cm³/mol. The largest absolute Gasteiger partial charge is 0.250 e. The van der Waals surface area contributed by atoms with Crippen molar-refractivity contribution in [3.8, 4) is 6.07 Å². The molecule has 0 saturated carbocycles. The van der Waals surface area contributed by atoms with Crippen molar-refractivity contribution in [2.75, 3.05) is 6.54 Å². The lowest BCUT2D eigenvalue weighted by atomic mass is 10.2. The monoisotopic (exact) mass is 307 g/mol. The van der Waals surface area contributed by atoms with Crippen LogP contribution in [0.25, 0.3) is 0 Å². The number of aryl methyl sites for hydroxylation is 1. The van der Waals surface area contributed by atoms with E-state index in [9.17, 15) is 8.42 Å². The number of hydrogen-bond donors (Lipinski definition) is 1. The number of benzene rings is 1. The topological polar surface area (TPSA) is 82.8 Å². The lowest BCUT2D eigenvalue weighted by molar-refractivity contribution is 0.580. The van der Waals surface area contributed by atoms with Crippen LogP contribution < -0.4 is 4.72 Å². The molecule has 7 heteroatoms. The minimum Gasteiger partial charge on any atom is -0.250 e. The first kappa shape index (κ1) is 14.7. The number of thiazole rings is 1. The summed E-state index contributed by atoms with van der Waals surface area (Å²) in [4.78, 5) is 4.24. The number of sulfonamides is 1. The third kappa shape index (κ3) is 3.42. The molecule has 1 aromatic carbocycles. The molecule has 20 heavy (non-hydrogen) atoms. The fourth-order valence-corrected chi connectivity index (χ4v) is 3.60. The Morgan fingerprint density at radius 2 is 2.25 bits per heavy atom. The van der Waals surface area contributed by atoms with Gasteiger partial charge >= 0.3 is 0 Å². The highest BCUT2D eigenvalue weighted by Crippen LogP contribution is 2.16. The molecule has 5 nitrogen and oxygen atoms in total. The summed E-state index contributed by atoms with van der Waals surface area (Å²) in [5.74, 6) is 0. The van der Waals surface area contributed by atoms with Crippen LogP contribution in [0.1, 0.15) is 16.8 Å². The standard InChI is InChI=1S/C13H13N3O2S2/c1-10-2-3-11(7-14)6-13(10)20(17,18)16-5-4-12-8-19-9-15-12/h2-3,6,8-9,16H,4-5H2,1H3. The van der Waals surface area contributed by atoms with Crippen LogP contribution in [0.3, 0.4) is 0 Å². The van der Waals surface area contributed by atoms with Crippen molar-refractivity contribution in [3.63, 3.8) is 0 Å². The van der Waals surface area contributed by atoms with Gasteiger partial charge in [0.25, 0.3) is 0 Å². The fraction of sp³-hybridized carbons (Fsp3) is 0.231. The molecule has 0 unspecified atom stereocenters. The average Bonchev–Trinajstić information content (AvgIpc) is 2.92. The van der Waals surface area contributed by atoms with Gasteiger partial charge in [0.1, 0.15) is 0 Å². The van der Waals surface area contributed by atoms with Gasteiger partial charge in [0.05, 0.1) is 27.7 Å². The summed E-state index contributed by atoms with van der Waals surface area (Å²) in [7, 11) is -3.60. The second-order valence-corrected chi connectivity index (χ2v) is 6.67. The second kappa shape index (κ2) is 6.13. The number of rotatable bonds is 5. The van der Waals surface area contributed by atoms with E-state index in [2.05, 4.69) is 9.71 Å². The quantitative estimate of drug-likeness (QED) is 0.913. The van der Waals surface area contributed by atoms with Crippen LogP contribution in [0.5, 0.6) is 0 Å². The van der Waals surface area contributed by atoms with E-state index in [4.69, 9.17) is 5.26 Å². The van der Waals surface area contributed by atoms with Crippen LogP contribution >= 0.6 is 11.3 Å². The van der Waals surface area contributed by atoms with Crippen LogP contribution in [0.2, 0.25) is 0 Å². The number of nitrogens with one attached hydrogen (secondary N) is 1. The van der Waals surface area contributed by atoms with Crippen LogP contribution in [-0.2, 0) is 16.4 Å². The maximum atomic E-state index is 12.2. The summed E-state index contributed by atoms with van der Waals surface area (Å²) in [5.41, 5.74) is 3.52. The summed E-state index contributed by atoms with van der Waals surface area (Å²) < 4.78 is 27.0. The summed E-state index contributed by atoms with van der Waals surface area (Å²) in [6.07, 6.45) is 0.541. The van der Waals surface area contributed by atoms with E-state index in [-0.39, 0.29) is 11.4 Å². The number of hydrogen-bond acceptors (Lipinski definition) is 5. The maximum Gasteiger partial charge on any atom is 0.240 e. The van der Waals surface area contributed by atoms with Gasteiger partial charge in [-0.1, -0.05) is 6.07 Å². The summed E-state index contributed by atoms with van der Waals surface area (Å²) in [6, 6.07) is 6.57. The molecule has 0 aliphatic carbocycles. The molecular weight excluding hydrogens is 294 g/mol. The number of nitrogens with zero attached hydrogens (tertiary/aromatic N) is 2. The molecule has 0 saturated heterocycles. The number of nitriles is 1. The first-order chi connectivity index (χ1) is 9.53. The molecule has 0 bridgehead atoms. The zero-order chi connectivity index (χ0) is 14.6. The van der Waals surface area contributed by atoms with Gasteiger partial charge in [0, 0.05) is 18.3 Å². The molecule has 104 valence electrons. The summed E-state index contributed by atoms with van der Waals surface area (Å²) >= 11 is 1.48. The van der Waals surface area contributed by atoms with E-state index < -0.39 is 10.0 Å². The molecule has 2 aromatic rings. The normalized spacial score (nSPS) is 11.2. The Balaban J connectivity index is 2.12. The molecule has 0 aliphatic rings. The van der Waals surface area contributed by atoms with E-state index in [1.807, 2.05) is 11.4 Å². The molecule has 0 fully saturated rings. The molecular formula is C13H13N3O2S2. The van der Waals surface area contributed by atoms with Gasteiger partial charge in [-0.25, -0.2) is 18.1 Å². The van der Waals surface area contributed by atoms with E-state index in [1.165, 1.54) is 17.4 Å². The van der Waals surface area contributed by atoms with Crippen LogP contribution in [0, 0.1) is 18.3 Å². The highest BCUT2D eigenvalue weighted by molar-refractivity contribution is 7.89. The van der Waals surface area contributed by atoms with E-state index >= 15 is 0 Å². The van der Waals surface area contributed by atoms with Crippen molar-refractivity contribution in [1.29, 1.82) is 5.26 Å². The zero-order valence-corrected chi connectivity index (χ0v) is 12.5. The Morgan fingerprint density at radius 1 is 1.45 bits per heavy atom. The molecule has 0 spiro atoms. The lowest BCUT2D eigenvalue weighted by Gasteiger charge is -2.09. The van der Waals surface area contributed by atoms with Crippen molar-refractivity contribution in [2.24, 2.45) is 0 Å². The third-order valence-electron chi connectivity index (χ3n) is 2.76. The first-order valence-electron chi connectivity index (χ1n) is 5.90. The minimum absolute atomic E-state index is 0.148. The highest BCUT2D eigenvalue weighted by Gasteiger charge is 2.17. The Kier molecular flexibility index (Phi) is 4.49. The maximum absolute atomic E-state index is 12.2. The Labute approximate surface area is 122 Å². The molecule has 0 radical (unpaired) electrons. The fourth-order valence-electron chi connectivity index (χ4n) is 1.71. The lowest BCUT2D eigenvalue weighted by Crippen LogP contribution is -2.26. The Bertz CT molecular complexity index is 731. The van der Waals surface area contributed by atoms with Gasteiger partial charge in [-0.15, -0.1) is 11.3 Å². The predicted octanol–water partition coefficient (Wildman–Crippen LogP) is 1.84. The van der Waals surface area contributed by atoms with Gasteiger partial charge in [0.2, 0.25) is 10.0 Å². The molecule has 1 aromatic heterocycles. The average molecular weight is 307 g/mol. The van der Waals surface area contributed by atoms with Crippen molar-refractivity contribution in [2.45, 2.75) is 18.2 Å². The highest BCUT2D eigenvalue weighted by atomic mass is 32.2. The Morgan fingerprint density at radius 3 is 2.90 bits per heavy atom. The van der Waals surface area contributed by atoms with Gasteiger partial charge in [-0.05, 0) is 24.6 Å². The van der Waals surface area contributed by atoms with Crippen LogP contribution in [-0.4, -0.2) is 19.9 Å². The van der Waals surface area contributed by atoms with Gasteiger partial charge < -0.3 is 0 Å². The van der Waals surface area contributed by atoms with Gasteiger partial charge in [0.15, 0.2) is 0 Å². The molecule has 2 rings (SSSR count). The van der Waals surface area contributed by atoms with E-state index in [0.29, 0.717) is 17.5 Å². The zero-order valence-electron chi connectivity index (χ0n) is 10.8. The SMILES string of the molecule is Cc1ccc(C#N)cc1S(=O)(=O)NCCc1cscn1. The van der Waals surface area contributed by atoms with Crippen LogP contribution in [0.15, 0.2) is 34.0 Å². The van der Waals surface area contributed by atoms with Crippen molar-refractivity contribution in [1.82, 2.24) is 9.71 Å². The van der Waals surface area contributed by atoms with Gasteiger partial charge in [-0.3, -0.25) is 0 Å². The van der Waals surface area contributed by atoms with Crippen LogP contribution in [0.4, 0.5) is 0 Å². The van der Waals surface area contributed by atoms with Crippen molar-refractivity contribution >= 4 is 21.4 Å². The second-order valence-electron chi connectivity index (χ2n) is 4.22. The van der Waals surface area contributed by atoms with Crippen molar-refractivity contribution < 1.29 is 8.42 Å². The third-order valence-corrected chi connectivity index (χ3v) is 5.00. The number of aromatic nitrogens is 1. The molecule has 0 amide bonds. The van der Waals surface area contributed by atoms with Crippen molar-refractivity contribution in [3.05, 3.63) is 45.9 Å². The molecule has 0 aliphatic heterocycles. The molecule has 1 N–H and O–H groups in total. The van der Waals surface area contributed by atoms with Gasteiger partial charge in [-0.2, -0.15) is 5.26 Å². The first-order valence-corrected chi connectivity index (χ1v) is 8.33. The smallest absolute Gasteiger partial charge is 0.240 e. The Hall–Kier alpha value is -1.75. The van der Waals surface area contributed by atoms with E-state index in [0.717, 1.165) is 5.69 Å². The molecule has 1 heterocycles.